The van der Waals surface area contributed by atoms with E-state index in [0.717, 1.165) is 11.3 Å². The Morgan fingerprint density at radius 3 is 2.35 bits per heavy atom. The Kier molecular flexibility index (Phi) is 4.00. The monoisotopic (exact) mass is 271 g/mol. The van der Waals surface area contributed by atoms with Crippen LogP contribution in [0.3, 0.4) is 0 Å². The zero-order valence-electron chi connectivity index (χ0n) is 11.5. The summed E-state index contributed by atoms with van der Waals surface area (Å²) in [5.74, 6) is 4.52. The molecule has 1 amide bonds. The first-order chi connectivity index (χ1) is 9.56. The number of pyridine rings is 1. The maximum atomic E-state index is 12.5. The van der Waals surface area contributed by atoms with E-state index in [1.165, 1.54) is 6.07 Å². The molecule has 5 nitrogen and oxygen atoms in total. The predicted molar refractivity (Wildman–Crippen MR) is 78.2 cm³/mol. The van der Waals surface area contributed by atoms with Gasteiger partial charge in [-0.25, -0.2) is 5.84 Å². The van der Waals surface area contributed by atoms with Gasteiger partial charge in [0.2, 0.25) is 0 Å². The number of hydrogen-bond acceptors (Lipinski definition) is 3. The Morgan fingerprint density at radius 2 is 1.80 bits per heavy atom. The smallest absolute Gasteiger partial charge is 0.270 e. The summed E-state index contributed by atoms with van der Waals surface area (Å²) in [5, 5.41) is 0. The molecule has 0 unspecified atom stereocenters. The molecule has 0 saturated heterocycles. The number of rotatable bonds is 3. The molecular formula is C15H17N3O2. The number of benzene rings is 1. The van der Waals surface area contributed by atoms with Crippen LogP contribution in [0.2, 0.25) is 0 Å². The van der Waals surface area contributed by atoms with Gasteiger partial charge in [-0.15, -0.1) is 0 Å². The molecule has 1 aromatic heterocycles. The van der Waals surface area contributed by atoms with E-state index in [1.54, 1.807) is 10.6 Å². The number of carbonyl (C=O) groups is 1. The number of aromatic nitrogens is 1. The molecule has 0 fully saturated rings. The number of nitrogens with one attached hydrogen (secondary N) is 1. The lowest BCUT2D eigenvalue weighted by atomic mass is 10.1. The average molecular weight is 271 g/mol. The van der Waals surface area contributed by atoms with Crippen molar-refractivity contribution in [1.82, 2.24) is 9.99 Å². The number of hydrazine groups is 1. The second-order valence-electron chi connectivity index (χ2n) is 4.74. The van der Waals surface area contributed by atoms with Crippen LogP contribution in [0, 0.1) is 0 Å². The zero-order valence-corrected chi connectivity index (χ0v) is 11.5. The van der Waals surface area contributed by atoms with Crippen molar-refractivity contribution in [2.75, 3.05) is 0 Å². The quantitative estimate of drug-likeness (QED) is 0.507. The second-order valence-corrected chi connectivity index (χ2v) is 4.74. The van der Waals surface area contributed by atoms with Crippen LogP contribution in [-0.4, -0.2) is 10.5 Å². The van der Waals surface area contributed by atoms with Crippen LogP contribution >= 0.6 is 0 Å². The van der Waals surface area contributed by atoms with E-state index in [4.69, 9.17) is 5.84 Å². The summed E-state index contributed by atoms with van der Waals surface area (Å²) in [6, 6.07) is 12.8. The van der Waals surface area contributed by atoms with Crippen LogP contribution in [0.25, 0.3) is 11.3 Å². The molecule has 20 heavy (non-hydrogen) atoms. The predicted octanol–water partition coefficient (Wildman–Crippen LogP) is 1.70. The van der Waals surface area contributed by atoms with Gasteiger partial charge in [0.1, 0.15) is 5.56 Å². The van der Waals surface area contributed by atoms with Crippen molar-refractivity contribution in [1.29, 1.82) is 0 Å². The molecular weight excluding hydrogens is 254 g/mol. The highest BCUT2D eigenvalue weighted by molar-refractivity contribution is 5.93. The lowest BCUT2D eigenvalue weighted by Gasteiger charge is -2.17. The van der Waals surface area contributed by atoms with Crippen LogP contribution in [0.4, 0.5) is 0 Å². The molecule has 0 bridgehead atoms. The minimum absolute atomic E-state index is 0.0425. The van der Waals surface area contributed by atoms with E-state index in [2.05, 4.69) is 0 Å². The first-order valence-corrected chi connectivity index (χ1v) is 6.38. The summed E-state index contributed by atoms with van der Waals surface area (Å²) < 4.78 is 1.60. The molecule has 0 spiro atoms. The van der Waals surface area contributed by atoms with Crippen molar-refractivity contribution in [2.24, 2.45) is 5.84 Å². The number of nitrogens with zero attached hydrogens (tertiary/aromatic N) is 1. The van der Waals surface area contributed by atoms with Gasteiger partial charge in [0.15, 0.2) is 0 Å². The summed E-state index contributed by atoms with van der Waals surface area (Å²) >= 11 is 0. The van der Waals surface area contributed by atoms with Gasteiger partial charge in [-0.2, -0.15) is 0 Å². The highest BCUT2D eigenvalue weighted by Crippen LogP contribution is 2.20. The Hall–Kier alpha value is -2.40. The van der Waals surface area contributed by atoms with E-state index in [1.807, 2.05) is 49.6 Å². The molecule has 3 N–H and O–H groups in total. The Morgan fingerprint density at radius 1 is 1.15 bits per heavy atom. The SMILES string of the molecule is CC(C)n1c(-c2ccccc2)ccc(C(=O)NN)c1=O. The molecule has 1 heterocycles. The van der Waals surface area contributed by atoms with Crippen molar-refractivity contribution < 1.29 is 4.79 Å². The fourth-order valence-corrected chi connectivity index (χ4v) is 2.16. The zero-order chi connectivity index (χ0) is 14.7. The van der Waals surface area contributed by atoms with Gasteiger partial charge in [0.05, 0.1) is 5.69 Å². The van der Waals surface area contributed by atoms with Gasteiger partial charge in [-0.3, -0.25) is 15.0 Å². The third-order valence-electron chi connectivity index (χ3n) is 3.08. The van der Waals surface area contributed by atoms with Crippen LogP contribution < -0.4 is 16.8 Å². The lowest BCUT2D eigenvalue weighted by molar-refractivity contribution is 0.0951. The van der Waals surface area contributed by atoms with Gasteiger partial charge >= 0.3 is 0 Å². The second kappa shape index (κ2) is 5.71. The Labute approximate surface area is 117 Å². The minimum Gasteiger partial charge on any atom is -0.305 e. The van der Waals surface area contributed by atoms with Gasteiger partial charge < -0.3 is 4.57 Å². The molecule has 1 aromatic carbocycles. The third-order valence-corrected chi connectivity index (χ3v) is 3.08. The van der Waals surface area contributed by atoms with E-state index < -0.39 is 5.91 Å². The van der Waals surface area contributed by atoms with Gasteiger partial charge in [0.25, 0.3) is 11.5 Å². The summed E-state index contributed by atoms with van der Waals surface area (Å²) in [7, 11) is 0. The molecule has 2 rings (SSSR count). The average Bonchev–Trinajstić information content (AvgIpc) is 2.46. The first-order valence-electron chi connectivity index (χ1n) is 6.38. The Bertz CT molecular complexity index is 675. The van der Waals surface area contributed by atoms with Crippen molar-refractivity contribution in [2.45, 2.75) is 19.9 Å². The molecule has 0 aliphatic rings. The number of nitrogens with two attached hydrogens (primary N) is 1. The van der Waals surface area contributed by atoms with Gasteiger partial charge in [0, 0.05) is 6.04 Å². The summed E-state index contributed by atoms with van der Waals surface area (Å²) in [5.41, 5.74) is 3.40. The van der Waals surface area contributed by atoms with Gasteiger partial charge in [-0.1, -0.05) is 30.3 Å². The highest BCUT2D eigenvalue weighted by atomic mass is 16.2. The van der Waals surface area contributed by atoms with E-state index in [-0.39, 0.29) is 17.2 Å². The molecule has 0 aliphatic carbocycles. The topological polar surface area (TPSA) is 77.1 Å². The van der Waals surface area contributed by atoms with Crippen molar-refractivity contribution in [3.05, 3.63) is 58.4 Å². The molecule has 5 heteroatoms. The number of hydrogen-bond donors (Lipinski definition) is 2. The molecule has 0 radical (unpaired) electrons. The maximum Gasteiger partial charge on any atom is 0.270 e. The van der Waals surface area contributed by atoms with Crippen molar-refractivity contribution in [3.63, 3.8) is 0 Å². The number of carbonyl (C=O) groups excluding carboxylic acids is 1. The van der Waals surface area contributed by atoms with Crippen LogP contribution in [-0.2, 0) is 0 Å². The minimum atomic E-state index is -0.580. The van der Waals surface area contributed by atoms with E-state index in [0.29, 0.717) is 0 Å². The van der Waals surface area contributed by atoms with E-state index >= 15 is 0 Å². The molecule has 0 aliphatic heterocycles. The highest BCUT2D eigenvalue weighted by Gasteiger charge is 2.16. The van der Waals surface area contributed by atoms with Crippen LogP contribution in [0.1, 0.15) is 30.2 Å². The molecule has 0 atom stereocenters. The van der Waals surface area contributed by atoms with Gasteiger partial charge in [-0.05, 0) is 31.5 Å². The summed E-state index contributed by atoms with van der Waals surface area (Å²) in [6.45, 7) is 3.80. The first kappa shape index (κ1) is 14.0. The van der Waals surface area contributed by atoms with Crippen LogP contribution in [0.15, 0.2) is 47.3 Å². The van der Waals surface area contributed by atoms with Crippen LogP contribution in [0.5, 0.6) is 0 Å². The maximum absolute atomic E-state index is 12.5. The largest absolute Gasteiger partial charge is 0.305 e. The number of amides is 1. The standard InChI is InChI=1S/C15H17N3O2/c1-10(2)18-13(11-6-4-3-5-7-11)9-8-12(15(18)20)14(19)17-16/h3-10H,16H2,1-2H3,(H,17,19). The molecule has 0 saturated carbocycles. The normalized spacial score (nSPS) is 10.6. The molecule has 2 aromatic rings. The summed E-state index contributed by atoms with van der Waals surface area (Å²) in [6.07, 6.45) is 0. The van der Waals surface area contributed by atoms with Crippen molar-refractivity contribution in [3.8, 4) is 11.3 Å². The van der Waals surface area contributed by atoms with E-state index in [9.17, 15) is 9.59 Å². The number of nitrogen functional groups attached to an aromatic ring is 1. The Balaban J connectivity index is 2.69. The fraction of sp³-hybridized carbons (Fsp3) is 0.200. The fourth-order valence-electron chi connectivity index (χ4n) is 2.16. The lowest BCUT2D eigenvalue weighted by Crippen LogP contribution is -2.37. The van der Waals surface area contributed by atoms with Crippen molar-refractivity contribution >= 4 is 5.91 Å². The summed E-state index contributed by atoms with van der Waals surface area (Å²) in [4.78, 5) is 24.1. The molecule has 104 valence electrons. The third kappa shape index (κ3) is 2.48.